The van der Waals surface area contributed by atoms with Gasteiger partial charge in [-0.2, -0.15) is 0 Å². The van der Waals surface area contributed by atoms with Crippen LogP contribution < -0.4 is 4.74 Å². The van der Waals surface area contributed by atoms with Crippen molar-refractivity contribution in [3.63, 3.8) is 0 Å². The van der Waals surface area contributed by atoms with Gasteiger partial charge in [0.1, 0.15) is 6.61 Å². The Hall–Kier alpha value is -2.54. The summed E-state index contributed by atoms with van der Waals surface area (Å²) in [6, 6.07) is 5.20. The molecular formula is C17H17NO2. The van der Waals surface area contributed by atoms with Gasteiger partial charge in [0.15, 0.2) is 11.5 Å². The van der Waals surface area contributed by atoms with Gasteiger partial charge in [0.2, 0.25) is 0 Å². The highest BCUT2D eigenvalue weighted by atomic mass is 16.5. The third kappa shape index (κ3) is 4.99. The molecule has 0 aliphatic carbocycles. The molecule has 0 saturated heterocycles. The fourth-order valence-electron chi connectivity index (χ4n) is 1.71. The van der Waals surface area contributed by atoms with Crippen LogP contribution in [0.15, 0.2) is 18.2 Å². The first kappa shape index (κ1) is 15.5. The van der Waals surface area contributed by atoms with E-state index in [2.05, 4.69) is 17.8 Å². The Morgan fingerprint density at radius 1 is 1.10 bits per heavy atom. The van der Waals surface area contributed by atoms with Gasteiger partial charge < -0.3 is 9.84 Å². The summed E-state index contributed by atoms with van der Waals surface area (Å²) in [6.45, 7) is 1.90. The number of ether oxygens (including phenoxy) is 1. The maximum absolute atomic E-state index is 9.65. The summed E-state index contributed by atoms with van der Waals surface area (Å²) in [7, 11) is 0. The number of benzene rings is 1. The summed E-state index contributed by atoms with van der Waals surface area (Å²) in [5.74, 6) is 7.99. The lowest BCUT2D eigenvalue weighted by atomic mass is 10.1. The van der Waals surface area contributed by atoms with Crippen molar-refractivity contribution in [3.8, 4) is 48.5 Å². The lowest BCUT2D eigenvalue weighted by Crippen LogP contribution is -2.26. The molecule has 0 amide bonds. The predicted molar refractivity (Wildman–Crippen MR) is 80.2 cm³/mol. The van der Waals surface area contributed by atoms with E-state index in [4.69, 9.17) is 24.0 Å². The van der Waals surface area contributed by atoms with E-state index < -0.39 is 0 Å². The number of phenols is 1. The molecular weight excluding hydrogens is 250 g/mol. The molecule has 0 unspecified atom stereocenters. The van der Waals surface area contributed by atoms with E-state index in [9.17, 15) is 5.11 Å². The maximum atomic E-state index is 9.65. The van der Waals surface area contributed by atoms with E-state index >= 15 is 0 Å². The van der Waals surface area contributed by atoms with Crippen molar-refractivity contribution in [3.05, 3.63) is 23.8 Å². The molecule has 1 rings (SSSR count). The maximum Gasteiger partial charge on any atom is 0.162 e. The molecule has 20 heavy (non-hydrogen) atoms. The largest absolute Gasteiger partial charge is 0.504 e. The number of terminal acetylenes is 3. The summed E-state index contributed by atoms with van der Waals surface area (Å²) in [6.07, 6.45) is 16.5. The zero-order chi connectivity index (χ0) is 14.8. The van der Waals surface area contributed by atoms with Crippen molar-refractivity contribution >= 4 is 0 Å². The highest BCUT2D eigenvalue weighted by Gasteiger charge is 2.06. The van der Waals surface area contributed by atoms with Crippen LogP contribution in [0, 0.1) is 37.0 Å². The number of phenolic OH excluding ortho intramolecular Hbond substituents is 1. The first-order chi connectivity index (χ1) is 9.71. The minimum atomic E-state index is 0.0769. The van der Waals surface area contributed by atoms with E-state index in [1.807, 2.05) is 11.0 Å². The van der Waals surface area contributed by atoms with Gasteiger partial charge in [-0.1, -0.05) is 23.8 Å². The number of hydrogen-bond acceptors (Lipinski definition) is 3. The van der Waals surface area contributed by atoms with Crippen molar-refractivity contribution < 1.29 is 9.84 Å². The Balaban J connectivity index is 2.66. The third-order valence-electron chi connectivity index (χ3n) is 2.68. The van der Waals surface area contributed by atoms with Crippen molar-refractivity contribution in [1.29, 1.82) is 0 Å². The molecule has 0 bridgehead atoms. The second kappa shape index (κ2) is 8.54. The average molecular weight is 267 g/mol. The van der Waals surface area contributed by atoms with Crippen LogP contribution in [0.1, 0.15) is 5.56 Å². The SMILES string of the molecule is C#CCOc1cc(CCN(CC#C)CC#C)ccc1O. The Kier molecular flexibility index (Phi) is 6.63. The molecule has 102 valence electrons. The molecule has 3 heteroatoms. The standard InChI is InChI=1S/C17H17NO2/c1-4-10-18(11-5-2)12-9-15-7-8-16(19)17(14-15)20-13-6-3/h1-3,7-8,14,19H,9-13H2. The number of rotatable bonds is 7. The molecule has 0 saturated carbocycles. The first-order valence-electron chi connectivity index (χ1n) is 6.18. The topological polar surface area (TPSA) is 32.7 Å². The summed E-state index contributed by atoms with van der Waals surface area (Å²) in [5.41, 5.74) is 1.02. The van der Waals surface area contributed by atoms with Crippen LogP contribution in [0.5, 0.6) is 11.5 Å². The summed E-state index contributed by atoms with van der Waals surface area (Å²) >= 11 is 0. The van der Waals surface area contributed by atoms with Gasteiger partial charge in [-0.3, -0.25) is 4.90 Å². The number of aromatic hydroxyl groups is 1. The van der Waals surface area contributed by atoms with Crippen molar-refractivity contribution in [2.75, 3.05) is 26.2 Å². The molecule has 0 radical (unpaired) electrons. The molecule has 0 aromatic heterocycles. The van der Waals surface area contributed by atoms with Crippen molar-refractivity contribution in [2.45, 2.75) is 6.42 Å². The Morgan fingerprint density at radius 3 is 2.40 bits per heavy atom. The van der Waals surface area contributed by atoms with Gasteiger partial charge in [0.05, 0.1) is 13.1 Å². The first-order valence-corrected chi connectivity index (χ1v) is 6.18. The average Bonchev–Trinajstić information content (AvgIpc) is 2.45. The van der Waals surface area contributed by atoms with Gasteiger partial charge in [-0.15, -0.1) is 19.3 Å². The molecule has 0 heterocycles. The summed E-state index contributed by atoms with van der Waals surface area (Å²) in [5, 5.41) is 9.65. The number of hydrogen-bond donors (Lipinski definition) is 1. The molecule has 0 aliphatic heterocycles. The van der Waals surface area contributed by atoms with Crippen LogP contribution in [0.25, 0.3) is 0 Å². The van der Waals surface area contributed by atoms with Crippen LogP contribution in [0.4, 0.5) is 0 Å². The Labute approximate surface area is 120 Å². The van der Waals surface area contributed by atoms with Crippen molar-refractivity contribution in [2.24, 2.45) is 0 Å². The molecule has 0 atom stereocenters. The molecule has 3 nitrogen and oxygen atoms in total. The zero-order valence-electron chi connectivity index (χ0n) is 11.3. The minimum absolute atomic E-state index is 0.0769. The zero-order valence-corrected chi connectivity index (χ0v) is 11.3. The normalized spacial score (nSPS) is 9.50. The second-order valence-electron chi connectivity index (χ2n) is 4.16. The highest BCUT2D eigenvalue weighted by molar-refractivity contribution is 5.42. The van der Waals surface area contributed by atoms with Gasteiger partial charge >= 0.3 is 0 Å². The van der Waals surface area contributed by atoms with Gasteiger partial charge in [-0.05, 0) is 24.1 Å². The van der Waals surface area contributed by atoms with E-state index in [0.717, 1.165) is 18.5 Å². The monoisotopic (exact) mass is 267 g/mol. The summed E-state index contributed by atoms with van der Waals surface area (Å²) in [4.78, 5) is 1.99. The third-order valence-corrected chi connectivity index (χ3v) is 2.68. The van der Waals surface area contributed by atoms with Crippen LogP contribution in [0.3, 0.4) is 0 Å². The predicted octanol–water partition coefficient (Wildman–Crippen LogP) is 1.52. The van der Waals surface area contributed by atoms with Crippen molar-refractivity contribution in [1.82, 2.24) is 4.90 Å². The molecule has 1 aromatic rings. The van der Waals surface area contributed by atoms with Gasteiger partial charge in [0, 0.05) is 6.54 Å². The van der Waals surface area contributed by atoms with E-state index in [1.54, 1.807) is 12.1 Å². The van der Waals surface area contributed by atoms with Gasteiger partial charge in [0.25, 0.3) is 0 Å². The van der Waals surface area contributed by atoms with Gasteiger partial charge in [-0.25, -0.2) is 0 Å². The van der Waals surface area contributed by atoms with Crippen LogP contribution >= 0.6 is 0 Å². The number of nitrogens with zero attached hydrogens (tertiary/aromatic N) is 1. The fraction of sp³-hybridized carbons (Fsp3) is 0.294. The Bertz CT molecular complexity index is 542. The van der Waals surface area contributed by atoms with E-state index in [1.165, 1.54) is 0 Å². The minimum Gasteiger partial charge on any atom is -0.504 e. The molecule has 1 aromatic carbocycles. The molecule has 0 spiro atoms. The fourth-order valence-corrected chi connectivity index (χ4v) is 1.71. The lowest BCUT2D eigenvalue weighted by molar-refractivity contribution is 0.338. The van der Waals surface area contributed by atoms with Crippen LogP contribution in [-0.2, 0) is 6.42 Å². The highest BCUT2D eigenvalue weighted by Crippen LogP contribution is 2.26. The van der Waals surface area contributed by atoms with Crippen LogP contribution in [-0.4, -0.2) is 36.2 Å². The lowest BCUT2D eigenvalue weighted by Gasteiger charge is -2.16. The van der Waals surface area contributed by atoms with Crippen LogP contribution in [0.2, 0.25) is 0 Å². The molecule has 0 fully saturated rings. The molecule has 0 aliphatic rings. The quantitative estimate of drug-likeness (QED) is 0.760. The second-order valence-corrected chi connectivity index (χ2v) is 4.16. The van der Waals surface area contributed by atoms with E-state index in [-0.39, 0.29) is 12.4 Å². The Morgan fingerprint density at radius 2 is 1.80 bits per heavy atom. The smallest absolute Gasteiger partial charge is 0.162 e. The van der Waals surface area contributed by atoms with E-state index in [0.29, 0.717) is 18.8 Å². The summed E-state index contributed by atoms with van der Waals surface area (Å²) < 4.78 is 5.26. The molecule has 1 N–H and O–H groups in total.